The largest absolute Gasteiger partial charge is 0.490 e. The lowest BCUT2D eigenvalue weighted by atomic mass is 9.88. The van der Waals surface area contributed by atoms with E-state index < -0.39 is 5.97 Å². The first-order valence-corrected chi connectivity index (χ1v) is 7.43. The van der Waals surface area contributed by atoms with Crippen LogP contribution in [0.1, 0.15) is 43.1 Å². The zero-order chi connectivity index (χ0) is 14.8. The minimum atomic E-state index is -1.03. The van der Waals surface area contributed by atoms with E-state index in [4.69, 9.17) is 4.74 Å². The van der Waals surface area contributed by atoms with Crippen molar-refractivity contribution in [3.8, 4) is 5.75 Å². The van der Waals surface area contributed by atoms with Crippen LogP contribution in [0.15, 0.2) is 30.3 Å². The number of carboxylic acid groups (broad SMARTS) is 1. The van der Waals surface area contributed by atoms with Crippen molar-refractivity contribution in [3.63, 3.8) is 0 Å². The Morgan fingerprint density at radius 3 is 2.90 bits per heavy atom. The van der Waals surface area contributed by atoms with Gasteiger partial charge in [0.1, 0.15) is 5.75 Å². The van der Waals surface area contributed by atoms with Gasteiger partial charge in [-0.2, -0.15) is 0 Å². The van der Waals surface area contributed by atoms with Crippen LogP contribution >= 0.6 is 0 Å². The number of para-hydroxylation sites is 1. The molecule has 1 saturated carbocycles. The number of hydrogen-bond acceptors (Lipinski definition) is 3. The summed E-state index contributed by atoms with van der Waals surface area (Å²) in [7, 11) is 0. The molecule has 2 unspecified atom stereocenters. The smallest absolute Gasteiger partial charge is 0.354 e. The number of nitrogens with zero attached hydrogens (tertiary/aromatic N) is 1. The first kappa shape index (κ1) is 13.9. The molecular formula is C17H19NO3. The molecule has 1 aliphatic rings. The van der Waals surface area contributed by atoms with Crippen molar-refractivity contribution in [3.05, 3.63) is 36.0 Å². The van der Waals surface area contributed by atoms with Crippen LogP contribution in [0.2, 0.25) is 0 Å². The van der Waals surface area contributed by atoms with Gasteiger partial charge < -0.3 is 9.84 Å². The normalized spacial score (nSPS) is 22.1. The van der Waals surface area contributed by atoms with Crippen LogP contribution in [0.5, 0.6) is 5.75 Å². The van der Waals surface area contributed by atoms with Gasteiger partial charge in [-0.3, -0.25) is 0 Å². The van der Waals surface area contributed by atoms with Gasteiger partial charge in [0.25, 0.3) is 0 Å². The minimum Gasteiger partial charge on any atom is -0.490 e. The number of carbonyl (C=O) groups is 1. The molecule has 0 amide bonds. The minimum absolute atomic E-state index is 0.0348. The van der Waals surface area contributed by atoms with Crippen molar-refractivity contribution in [2.75, 3.05) is 0 Å². The molecule has 1 aromatic carbocycles. The maximum absolute atomic E-state index is 11.2. The van der Waals surface area contributed by atoms with E-state index >= 15 is 0 Å². The Labute approximate surface area is 123 Å². The molecule has 0 saturated heterocycles. The molecule has 1 N–H and O–H groups in total. The van der Waals surface area contributed by atoms with E-state index in [1.165, 1.54) is 12.8 Å². The number of benzene rings is 1. The van der Waals surface area contributed by atoms with Crippen molar-refractivity contribution in [1.82, 2.24) is 4.98 Å². The van der Waals surface area contributed by atoms with E-state index in [1.807, 2.05) is 24.3 Å². The Kier molecular flexibility index (Phi) is 3.78. The van der Waals surface area contributed by atoms with Crippen LogP contribution in [0, 0.1) is 5.92 Å². The number of pyridine rings is 1. The van der Waals surface area contributed by atoms with Gasteiger partial charge in [0.15, 0.2) is 5.69 Å². The van der Waals surface area contributed by atoms with Crippen LogP contribution in [0.3, 0.4) is 0 Å². The van der Waals surface area contributed by atoms with Crippen LogP contribution in [-0.2, 0) is 0 Å². The second kappa shape index (κ2) is 5.72. The van der Waals surface area contributed by atoms with Gasteiger partial charge >= 0.3 is 5.97 Å². The molecule has 4 heteroatoms. The van der Waals surface area contributed by atoms with Crippen molar-refractivity contribution in [2.24, 2.45) is 5.92 Å². The highest BCUT2D eigenvalue weighted by Crippen LogP contribution is 2.31. The number of aromatic carboxylic acids is 1. The second-order valence-electron chi connectivity index (χ2n) is 5.84. The molecule has 1 fully saturated rings. The van der Waals surface area contributed by atoms with E-state index in [0.717, 1.165) is 18.2 Å². The molecule has 2 atom stereocenters. The molecular weight excluding hydrogens is 266 g/mol. The van der Waals surface area contributed by atoms with Gasteiger partial charge in [-0.05, 0) is 37.3 Å². The lowest BCUT2D eigenvalue weighted by molar-refractivity contribution is 0.0689. The van der Waals surface area contributed by atoms with Crippen LogP contribution in [0.4, 0.5) is 0 Å². The Morgan fingerprint density at radius 1 is 1.33 bits per heavy atom. The highest BCUT2D eigenvalue weighted by atomic mass is 16.5. The van der Waals surface area contributed by atoms with E-state index in [2.05, 4.69) is 11.9 Å². The summed E-state index contributed by atoms with van der Waals surface area (Å²) in [5.41, 5.74) is 0.698. The van der Waals surface area contributed by atoms with Crippen molar-refractivity contribution < 1.29 is 14.6 Å². The van der Waals surface area contributed by atoms with Crippen molar-refractivity contribution in [2.45, 2.75) is 38.7 Å². The van der Waals surface area contributed by atoms with Gasteiger partial charge in [0, 0.05) is 11.5 Å². The third-order valence-corrected chi connectivity index (χ3v) is 4.08. The molecule has 0 aliphatic heterocycles. The van der Waals surface area contributed by atoms with Crippen molar-refractivity contribution >= 4 is 16.9 Å². The standard InChI is InChI=1S/C17H19NO3/c1-11-5-4-6-12(9-11)21-16-10-15(17(19)20)18-14-8-3-2-7-13(14)16/h2-3,7-8,10-12H,4-6,9H2,1H3,(H,19,20). The Hall–Kier alpha value is -2.10. The summed E-state index contributed by atoms with van der Waals surface area (Å²) in [6.45, 7) is 2.24. The number of aromatic nitrogens is 1. The van der Waals surface area contributed by atoms with E-state index in [0.29, 0.717) is 17.2 Å². The quantitative estimate of drug-likeness (QED) is 0.929. The van der Waals surface area contributed by atoms with Crippen LogP contribution in [-0.4, -0.2) is 22.2 Å². The molecule has 1 heterocycles. The lowest BCUT2D eigenvalue weighted by Gasteiger charge is -2.27. The summed E-state index contributed by atoms with van der Waals surface area (Å²) in [5.74, 6) is 0.274. The summed E-state index contributed by atoms with van der Waals surface area (Å²) >= 11 is 0. The fraction of sp³-hybridized carbons (Fsp3) is 0.412. The topological polar surface area (TPSA) is 59.4 Å². The predicted molar refractivity (Wildman–Crippen MR) is 80.8 cm³/mol. The Morgan fingerprint density at radius 2 is 2.14 bits per heavy atom. The zero-order valence-electron chi connectivity index (χ0n) is 12.1. The number of fused-ring (bicyclic) bond motifs is 1. The third kappa shape index (κ3) is 2.99. The SMILES string of the molecule is CC1CCCC(Oc2cc(C(=O)O)nc3ccccc23)C1. The van der Waals surface area contributed by atoms with E-state index in [9.17, 15) is 9.90 Å². The monoisotopic (exact) mass is 285 g/mol. The molecule has 0 bridgehead atoms. The predicted octanol–water partition coefficient (Wildman–Crippen LogP) is 3.89. The molecule has 110 valence electrons. The number of rotatable bonds is 3. The van der Waals surface area contributed by atoms with E-state index in [-0.39, 0.29) is 11.8 Å². The molecule has 1 aromatic heterocycles. The Bertz CT molecular complexity index is 668. The third-order valence-electron chi connectivity index (χ3n) is 4.08. The average molecular weight is 285 g/mol. The van der Waals surface area contributed by atoms with Crippen LogP contribution in [0.25, 0.3) is 10.9 Å². The molecule has 0 radical (unpaired) electrons. The maximum Gasteiger partial charge on any atom is 0.354 e. The van der Waals surface area contributed by atoms with Gasteiger partial charge in [-0.1, -0.05) is 25.5 Å². The van der Waals surface area contributed by atoms with Crippen molar-refractivity contribution in [1.29, 1.82) is 0 Å². The highest BCUT2D eigenvalue weighted by Gasteiger charge is 2.22. The van der Waals surface area contributed by atoms with Gasteiger partial charge in [0.2, 0.25) is 0 Å². The first-order valence-electron chi connectivity index (χ1n) is 7.43. The van der Waals surface area contributed by atoms with Gasteiger partial charge in [-0.25, -0.2) is 9.78 Å². The fourth-order valence-electron chi connectivity index (χ4n) is 3.02. The summed E-state index contributed by atoms with van der Waals surface area (Å²) in [4.78, 5) is 15.4. The lowest BCUT2D eigenvalue weighted by Crippen LogP contribution is -2.24. The Balaban J connectivity index is 1.97. The fourth-order valence-corrected chi connectivity index (χ4v) is 3.02. The number of carboxylic acids is 1. The molecule has 21 heavy (non-hydrogen) atoms. The maximum atomic E-state index is 11.2. The zero-order valence-corrected chi connectivity index (χ0v) is 12.1. The molecule has 4 nitrogen and oxygen atoms in total. The molecule has 0 spiro atoms. The number of ether oxygens (including phenoxy) is 1. The summed E-state index contributed by atoms with van der Waals surface area (Å²) in [6, 6.07) is 9.06. The summed E-state index contributed by atoms with van der Waals surface area (Å²) in [5, 5.41) is 10.1. The summed E-state index contributed by atoms with van der Waals surface area (Å²) in [6.07, 6.45) is 4.64. The second-order valence-corrected chi connectivity index (χ2v) is 5.84. The molecule has 2 aromatic rings. The van der Waals surface area contributed by atoms with Gasteiger partial charge in [0.05, 0.1) is 11.6 Å². The number of hydrogen-bond donors (Lipinski definition) is 1. The van der Waals surface area contributed by atoms with E-state index in [1.54, 1.807) is 6.07 Å². The molecule has 3 rings (SSSR count). The van der Waals surface area contributed by atoms with Crippen LogP contribution < -0.4 is 4.74 Å². The highest BCUT2D eigenvalue weighted by molar-refractivity contribution is 5.93. The molecule has 1 aliphatic carbocycles. The summed E-state index contributed by atoms with van der Waals surface area (Å²) < 4.78 is 6.13. The average Bonchev–Trinajstić information content (AvgIpc) is 2.47. The first-order chi connectivity index (χ1) is 10.1. The van der Waals surface area contributed by atoms with Gasteiger partial charge in [-0.15, -0.1) is 0 Å².